The molecule has 2 rings (SSSR count). The lowest BCUT2D eigenvalue weighted by molar-refractivity contribution is -0.0731. The Morgan fingerprint density at radius 3 is 2.43 bits per heavy atom. The van der Waals surface area contributed by atoms with Gasteiger partial charge in [-0.2, -0.15) is 4.98 Å². The van der Waals surface area contributed by atoms with Gasteiger partial charge in [-0.25, -0.2) is 4.98 Å². The molecule has 0 saturated carbocycles. The zero-order valence-corrected chi connectivity index (χ0v) is 13.8. The summed E-state index contributed by atoms with van der Waals surface area (Å²) in [5, 5.41) is 3.29. The second-order valence-corrected chi connectivity index (χ2v) is 5.77. The van der Waals surface area contributed by atoms with Crippen LogP contribution in [0, 0.1) is 6.92 Å². The number of aryl methyl sites for hydroxylation is 1. The van der Waals surface area contributed by atoms with Crippen LogP contribution in [0.25, 0.3) is 0 Å². The molecule has 0 bridgehead atoms. The van der Waals surface area contributed by atoms with Crippen LogP contribution >= 0.6 is 0 Å². The summed E-state index contributed by atoms with van der Waals surface area (Å²) in [6.07, 6.45) is 3.25. The van der Waals surface area contributed by atoms with Gasteiger partial charge in [0, 0.05) is 25.8 Å². The fourth-order valence-electron chi connectivity index (χ4n) is 2.75. The Bertz CT molecular complexity index is 469. The minimum Gasteiger partial charge on any atom is -0.474 e. The SMILES string of the molecule is CCNc1nc(CC)nc(OC2CC(C)OC(C)C2)c1C. The molecule has 0 spiro atoms. The highest BCUT2D eigenvalue weighted by Gasteiger charge is 2.27. The third-order valence-corrected chi connectivity index (χ3v) is 3.74. The van der Waals surface area contributed by atoms with Crippen LogP contribution in [-0.4, -0.2) is 34.8 Å². The largest absolute Gasteiger partial charge is 0.474 e. The molecule has 1 aliphatic heterocycles. The lowest BCUT2D eigenvalue weighted by atomic mass is 10.0. The zero-order chi connectivity index (χ0) is 15.4. The molecule has 21 heavy (non-hydrogen) atoms. The molecule has 5 heteroatoms. The van der Waals surface area contributed by atoms with Crippen LogP contribution in [0.4, 0.5) is 5.82 Å². The van der Waals surface area contributed by atoms with Crippen LogP contribution in [0.1, 0.15) is 51.9 Å². The van der Waals surface area contributed by atoms with Gasteiger partial charge in [-0.15, -0.1) is 0 Å². The molecule has 0 amide bonds. The van der Waals surface area contributed by atoms with Gasteiger partial charge in [0.25, 0.3) is 0 Å². The van der Waals surface area contributed by atoms with Crippen molar-refractivity contribution in [1.29, 1.82) is 0 Å². The first-order valence-electron chi connectivity index (χ1n) is 7.96. The third-order valence-electron chi connectivity index (χ3n) is 3.74. The maximum Gasteiger partial charge on any atom is 0.222 e. The van der Waals surface area contributed by atoms with E-state index in [1.54, 1.807) is 0 Å². The van der Waals surface area contributed by atoms with E-state index in [0.717, 1.165) is 43.0 Å². The van der Waals surface area contributed by atoms with Crippen LogP contribution in [0.5, 0.6) is 5.88 Å². The molecule has 1 aromatic heterocycles. The second-order valence-electron chi connectivity index (χ2n) is 5.77. The Balaban J connectivity index is 2.20. The van der Waals surface area contributed by atoms with E-state index in [1.807, 2.05) is 6.92 Å². The summed E-state index contributed by atoms with van der Waals surface area (Å²) in [6.45, 7) is 11.2. The van der Waals surface area contributed by atoms with E-state index < -0.39 is 0 Å². The van der Waals surface area contributed by atoms with Crippen LogP contribution in [0.15, 0.2) is 0 Å². The molecular weight excluding hydrogens is 266 g/mol. The molecule has 2 atom stereocenters. The van der Waals surface area contributed by atoms with Crippen LogP contribution < -0.4 is 10.1 Å². The Kier molecular flexibility index (Phi) is 5.39. The highest BCUT2D eigenvalue weighted by Crippen LogP contribution is 2.27. The Labute approximate surface area is 127 Å². The van der Waals surface area contributed by atoms with Gasteiger partial charge >= 0.3 is 0 Å². The molecule has 1 N–H and O–H groups in total. The molecular formula is C16H27N3O2. The Morgan fingerprint density at radius 1 is 1.19 bits per heavy atom. The van der Waals surface area contributed by atoms with Crippen molar-refractivity contribution in [1.82, 2.24) is 9.97 Å². The molecule has 118 valence electrons. The molecule has 1 aromatic rings. The lowest BCUT2D eigenvalue weighted by Gasteiger charge is -2.32. The van der Waals surface area contributed by atoms with E-state index in [-0.39, 0.29) is 18.3 Å². The van der Waals surface area contributed by atoms with E-state index in [4.69, 9.17) is 9.47 Å². The van der Waals surface area contributed by atoms with Crippen molar-refractivity contribution in [3.63, 3.8) is 0 Å². The molecule has 1 saturated heterocycles. The van der Waals surface area contributed by atoms with Crippen molar-refractivity contribution in [2.45, 2.75) is 72.2 Å². The number of hydrogen-bond acceptors (Lipinski definition) is 5. The van der Waals surface area contributed by atoms with Gasteiger partial charge in [-0.05, 0) is 27.7 Å². The molecule has 0 radical (unpaired) electrons. The second kappa shape index (κ2) is 7.07. The lowest BCUT2D eigenvalue weighted by Crippen LogP contribution is -2.36. The van der Waals surface area contributed by atoms with Gasteiger partial charge in [0.2, 0.25) is 5.88 Å². The van der Waals surface area contributed by atoms with Crippen LogP contribution in [0.3, 0.4) is 0 Å². The fraction of sp³-hybridized carbons (Fsp3) is 0.750. The summed E-state index contributed by atoms with van der Waals surface area (Å²) >= 11 is 0. The average molecular weight is 293 g/mol. The number of ether oxygens (including phenoxy) is 2. The number of nitrogens with zero attached hydrogens (tertiary/aromatic N) is 2. The van der Waals surface area contributed by atoms with E-state index in [2.05, 4.69) is 43.0 Å². The van der Waals surface area contributed by atoms with Gasteiger partial charge in [0.05, 0.1) is 17.8 Å². The van der Waals surface area contributed by atoms with Crippen molar-refractivity contribution >= 4 is 5.82 Å². The minimum atomic E-state index is 0.163. The van der Waals surface area contributed by atoms with Crippen molar-refractivity contribution < 1.29 is 9.47 Å². The molecule has 2 heterocycles. The topological polar surface area (TPSA) is 56.3 Å². The van der Waals surface area contributed by atoms with Gasteiger partial charge in [0.15, 0.2) is 0 Å². The maximum atomic E-state index is 6.19. The number of anilines is 1. The Hall–Kier alpha value is -1.36. The predicted molar refractivity (Wildman–Crippen MR) is 84.0 cm³/mol. The van der Waals surface area contributed by atoms with Crippen molar-refractivity contribution in [3.8, 4) is 5.88 Å². The Morgan fingerprint density at radius 2 is 1.86 bits per heavy atom. The molecule has 0 aromatic carbocycles. The smallest absolute Gasteiger partial charge is 0.222 e. The summed E-state index contributed by atoms with van der Waals surface area (Å²) in [5.74, 6) is 2.41. The van der Waals surface area contributed by atoms with Gasteiger partial charge < -0.3 is 14.8 Å². The first-order chi connectivity index (χ1) is 10.0. The molecule has 5 nitrogen and oxygen atoms in total. The monoisotopic (exact) mass is 293 g/mol. The summed E-state index contributed by atoms with van der Waals surface area (Å²) in [7, 11) is 0. The first-order valence-corrected chi connectivity index (χ1v) is 7.96. The standard InChI is InChI=1S/C16H27N3O2/c1-6-14-18-15(17-7-2)12(5)16(19-14)21-13-8-10(3)20-11(4)9-13/h10-11,13H,6-9H2,1-5H3,(H,17,18,19). The number of rotatable bonds is 5. The number of nitrogens with one attached hydrogen (secondary N) is 1. The minimum absolute atomic E-state index is 0.163. The van der Waals surface area contributed by atoms with Crippen molar-refractivity contribution in [2.24, 2.45) is 0 Å². The summed E-state index contributed by atoms with van der Waals surface area (Å²) < 4.78 is 12.0. The predicted octanol–water partition coefficient (Wildman–Crippen LogP) is 3.11. The third kappa shape index (κ3) is 4.06. The summed E-state index contributed by atoms with van der Waals surface area (Å²) in [5.41, 5.74) is 0.987. The quantitative estimate of drug-likeness (QED) is 0.904. The highest BCUT2D eigenvalue weighted by atomic mass is 16.5. The molecule has 2 unspecified atom stereocenters. The fourth-order valence-corrected chi connectivity index (χ4v) is 2.75. The van der Waals surface area contributed by atoms with Crippen molar-refractivity contribution in [2.75, 3.05) is 11.9 Å². The number of aromatic nitrogens is 2. The van der Waals surface area contributed by atoms with Gasteiger partial charge in [-0.3, -0.25) is 0 Å². The molecule has 0 aliphatic carbocycles. The molecule has 1 fully saturated rings. The highest BCUT2D eigenvalue weighted by molar-refractivity contribution is 5.48. The normalized spacial score (nSPS) is 25.7. The maximum absolute atomic E-state index is 6.19. The van der Waals surface area contributed by atoms with E-state index in [9.17, 15) is 0 Å². The van der Waals surface area contributed by atoms with E-state index in [0.29, 0.717) is 5.88 Å². The zero-order valence-electron chi connectivity index (χ0n) is 13.8. The summed E-state index contributed by atoms with van der Waals surface area (Å²) in [6, 6.07) is 0. The van der Waals surface area contributed by atoms with E-state index >= 15 is 0 Å². The van der Waals surface area contributed by atoms with Gasteiger partial charge in [-0.1, -0.05) is 6.92 Å². The van der Waals surface area contributed by atoms with Crippen LogP contribution in [0.2, 0.25) is 0 Å². The first kappa shape index (κ1) is 16.0. The number of hydrogen-bond donors (Lipinski definition) is 1. The average Bonchev–Trinajstić information content (AvgIpc) is 2.42. The van der Waals surface area contributed by atoms with Crippen LogP contribution in [-0.2, 0) is 11.2 Å². The van der Waals surface area contributed by atoms with Gasteiger partial charge in [0.1, 0.15) is 17.7 Å². The molecule has 1 aliphatic rings. The summed E-state index contributed by atoms with van der Waals surface area (Å²) in [4.78, 5) is 9.10. The van der Waals surface area contributed by atoms with Crippen molar-refractivity contribution in [3.05, 3.63) is 11.4 Å². The van der Waals surface area contributed by atoms with E-state index in [1.165, 1.54) is 0 Å².